The first-order chi connectivity index (χ1) is 15.8. The molecule has 0 bridgehead atoms. The summed E-state index contributed by atoms with van der Waals surface area (Å²) in [5, 5.41) is 7.70. The van der Waals surface area contributed by atoms with E-state index in [0.29, 0.717) is 35.8 Å². The number of nitrogens with zero attached hydrogens (tertiary/aromatic N) is 3. The van der Waals surface area contributed by atoms with Gasteiger partial charge in [0.2, 0.25) is 5.91 Å². The van der Waals surface area contributed by atoms with Gasteiger partial charge in [0.15, 0.2) is 5.13 Å². The van der Waals surface area contributed by atoms with E-state index in [9.17, 15) is 22.8 Å². The molecule has 1 aliphatic rings. The summed E-state index contributed by atoms with van der Waals surface area (Å²) in [6.45, 7) is 0.535. The van der Waals surface area contributed by atoms with Gasteiger partial charge in [-0.2, -0.15) is 13.2 Å². The van der Waals surface area contributed by atoms with E-state index in [0.717, 1.165) is 6.07 Å². The molecule has 1 saturated heterocycles. The van der Waals surface area contributed by atoms with Crippen molar-refractivity contribution in [2.45, 2.75) is 19.0 Å². The van der Waals surface area contributed by atoms with Crippen LogP contribution in [0.1, 0.15) is 28.8 Å². The molecule has 11 heteroatoms. The maximum atomic E-state index is 13.4. The fourth-order valence-electron chi connectivity index (χ4n) is 3.66. The van der Waals surface area contributed by atoms with E-state index in [4.69, 9.17) is 0 Å². The van der Waals surface area contributed by atoms with Gasteiger partial charge in [0.05, 0.1) is 11.5 Å². The molecule has 0 aliphatic carbocycles. The Kier molecular flexibility index (Phi) is 6.59. The minimum Gasteiger partial charge on any atom is -0.355 e. The molecule has 0 radical (unpaired) electrons. The maximum Gasteiger partial charge on any atom is 0.419 e. The van der Waals surface area contributed by atoms with Crippen molar-refractivity contribution >= 4 is 39.8 Å². The maximum absolute atomic E-state index is 13.4. The molecule has 2 aromatic heterocycles. The van der Waals surface area contributed by atoms with E-state index in [1.54, 1.807) is 35.8 Å². The second kappa shape index (κ2) is 9.57. The van der Waals surface area contributed by atoms with Crippen LogP contribution in [0.4, 0.5) is 29.8 Å². The van der Waals surface area contributed by atoms with Crippen LogP contribution >= 0.6 is 11.3 Å². The first-order valence-corrected chi connectivity index (χ1v) is 11.1. The van der Waals surface area contributed by atoms with E-state index in [2.05, 4.69) is 20.6 Å². The first-order valence-electron chi connectivity index (χ1n) is 10.2. The number of hydrogen-bond acceptors (Lipinski definition) is 6. The number of halogens is 3. The summed E-state index contributed by atoms with van der Waals surface area (Å²) in [4.78, 5) is 34.5. The fourth-order valence-corrected chi connectivity index (χ4v) is 4.18. The highest BCUT2D eigenvalue weighted by Gasteiger charge is 2.37. The third-order valence-electron chi connectivity index (χ3n) is 5.25. The molecule has 2 amide bonds. The van der Waals surface area contributed by atoms with Crippen LogP contribution in [0.5, 0.6) is 0 Å². The van der Waals surface area contributed by atoms with Crippen LogP contribution in [0.15, 0.2) is 54.2 Å². The van der Waals surface area contributed by atoms with Gasteiger partial charge < -0.3 is 10.2 Å². The standard InChI is InChI=1S/C22H20F3N5O2S/c23-22(24,25)17-4-1-9-26-18(17)30-11-2-3-15(13-30)20(32)28-16-7-5-14(6-8-16)19(31)29-21-27-10-12-33-21/h1,4-10,12,15H,2-3,11,13H2,(H,28,32)(H,27,29,31). The normalized spacial score (nSPS) is 16.3. The molecule has 2 N–H and O–H groups in total. The van der Waals surface area contributed by atoms with Crippen molar-refractivity contribution in [1.29, 1.82) is 0 Å². The van der Waals surface area contributed by atoms with Crippen molar-refractivity contribution in [3.05, 3.63) is 65.3 Å². The van der Waals surface area contributed by atoms with Gasteiger partial charge in [-0.1, -0.05) is 0 Å². The van der Waals surface area contributed by atoms with Crippen molar-refractivity contribution in [3.63, 3.8) is 0 Å². The molecule has 1 atom stereocenters. The zero-order valence-corrected chi connectivity index (χ0v) is 18.1. The fraction of sp³-hybridized carbons (Fsp3) is 0.273. The van der Waals surface area contributed by atoms with Crippen molar-refractivity contribution < 1.29 is 22.8 Å². The highest BCUT2D eigenvalue weighted by atomic mass is 32.1. The molecule has 3 heterocycles. The summed E-state index contributed by atoms with van der Waals surface area (Å²) in [6, 6.07) is 8.62. The molecule has 7 nitrogen and oxygen atoms in total. The molecular formula is C22H20F3N5O2S. The van der Waals surface area contributed by atoms with Gasteiger partial charge in [0, 0.05) is 42.1 Å². The first kappa shape index (κ1) is 22.7. The molecule has 33 heavy (non-hydrogen) atoms. The summed E-state index contributed by atoms with van der Waals surface area (Å²) in [5.74, 6) is -1.25. The van der Waals surface area contributed by atoms with Crippen LogP contribution in [0.25, 0.3) is 0 Å². The van der Waals surface area contributed by atoms with Crippen LogP contribution in [0.2, 0.25) is 0 Å². The zero-order valence-electron chi connectivity index (χ0n) is 17.3. The second-order valence-electron chi connectivity index (χ2n) is 7.52. The smallest absolute Gasteiger partial charge is 0.355 e. The molecule has 0 spiro atoms. The third-order valence-corrected chi connectivity index (χ3v) is 5.94. The summed E-state index contributed by atoms with van der Waals surface area (Å²) in [7, 11) is 0. The van der Waals surface area contributed by atoms with E-state index >= 15 is 0 Å². The molecule has 1 unspecified atom stereocenters. The number of nitrogens with one attached hydrogen (secondary N) is 2. The number of alkyl halides is 3. The number of benzene rings is 1. The lowest BCUT2D eigenvalue weighted by Crippen LogP contribution is -2.42. The Bertz CT molecular complexity index is 1120. The van der Waals surface area contributed by atoms with Crippen LogP contribution in [0.3, 0.4) is 0 Å². The number of piperidine rings is 1. The number of hydrogen-bond donors (Lipinski definition) is 2. The van der Waals surface area contributed by atoms with Gasteiger partial charge >= 0.3 is 6.18 Å². The lowest BCUT2D eigenvalue weighted by Gasteiger charge is -2.34. The predicted molar refractivity (Wildman–Crippen MR) is 119 cm³/mol. The topological polar surface area (TPSA) is 87.2 Å². The monoisotopic (exact) mass is 475 g/mol. The number of anilines is 3. The Morgan fingerprint density at radius 2 is 1.85 bits per heavy atom. The van der Waals surface area contributed by atoms with Crippen molar-refractivity contribution in [2.75, 3.05) is 28.6 Å². The lowest BCUT2D eigenvalue weighted by atomic mass is 9.96. The van der Waals surface area contributed by atoms with Crippen LogP contribution in [-0.4, -0.2) is 34.9 Å². The quantitative estimate of drug-likeness (QED) is 0.560. The summed E-state index contributed by atoms with van der Waals surface area (Å²) < 4.78 is 40.1. The number of amides is 2. The van der Waals surface area contributed by atoms with E-state index in [-0.39, 0.29) is 24.2 Å². The molecule has 172 valence electrons. The second-order valence-corrected chi connectivity index (χ2v) is 8.41. The number of carbonyl (C=O) groups excluding carboxylic acids is 2. The van der Waals surface area contributed by atoms with Crippen molar-refractivity contribution in [2.24, 2.45) is 5.92 Å². The highest BCUT2D eigenvalue weighted by molar-refractivity contribution is 7.13. The average Bonchev–Trinajstić information content (AvgIpc) is 3.32. The minimum absolute atomic E-state index is 0.139. The third kappa shape index (κ3) is 5.48. The molecule has 0 saturated carbocycles. The minimum atomic E-state index is -4.52. The van der Waals surface area contributed by atoms with E-state index < -0.39 is 17.7 Å². The number of rotatable bonds is 5. The number of thiazole rings is 1. The Labute approximate surface area is 191 Å². The molecule has 1 aliphatic heterocycles. The van der Waals surface area contributed by atoms with Gasteiger partial charge in [-0.15, -0.1) is 11.3 Å². The van der Waals surface area contributed by atoms with E-state index in [1.165, 1.54) is 28.5 Å². The van der Waals surface area contributed by atoms with Crippen LogP contribution in [0, 0.1) is 5.92 Å². The van der Waals surface area contributed by atoms with Gasteiger partial charge in [-0.25, -0.2) is 9.97 Å². The molecule has 4 rings (SSSR count). The molecular weight excluding hydrogens is 455 g/mol. The van der Waals surface area contributed by atoms with E-state index in [1.807, 2.05) is 0 Å². The molecule has 3 aromatic rings. The Balaban J connectivity index is 1.39. The number of aromatic nitrogens is 2. The average molecular weight is 475 g/mol. The Hall–Kier alpha value is -3.47. The highest BCUT2D eigenvalue weighted by Crippen LogP contribution is 2.36. The Morgan fingerprint density at radius 3 is 2.55 bits per heavy atom. The summed E-state index contributed by atoms with van der Waals surface area (Å²) in [6.07, 6.45) is -0.484. The largest absolute Gasteiger partial charge is 0.419 e. The van der Waals surface area contributed by atoms with Crippen LogP contribution in [-0.2, 0) is 11.0 Å². The number of carbonyl (C=O) groups is 2. The Morgan fingerprint density at radius 1 is 1.06 bits per heavy atom. The predicted octanol–water partition coefficient (Wildman–Crippen LogP) is 4.66. The van der Waals surface area contributed by atoms with Gasteiger partial charge in [0.25, 0.3) is 5.91 Å². The van der Waals surface area contributed by atoms with Gasteiger partial charge in [-0.05, 0) is 49.2 Å². The van der Waals surface area contributed by atoms with Gasteiger partial charge in [-0.3, -0.25) is 14.9 Å². The number of pyridine rings is 1. The summed E-state index contributed by atoms with van der Waals surface area (Å²) in [5.41, 5.74) is 0.0938. The SMILES string of the molecule is O=C(Nc1nccs1)c1ccc(NC(=O)C2CCCN(c3ncccc3C(F)(F)F)C2)cc1. The zero-order chi connectivity index (χ0) is 23.4. The van der Waals surface area contributed by atoms with Gasteiger partial charge in [0.1, 0.15) is 5.82 Å². The molecule has 1 aromatic carbocycles. The lowest BCUT2D eigenvalue weighted by molar-refractivity contribution is -0.137. The van der Waals surface area contributed by atoms with Crippen LogP contribution < -0.4 is 15.5 Å². The summed E-state index contributed by atoms with van der Waals surface area (Å²) >= 11 is 1.30. The van der Waals surface area contributed by atoms with Crippen molar-refractivity contribution in [1.82, 2.24) is 9.97 Å². The molecule has 1 fully saturated rings. The van der Waals surface area contributed by atoms with Crippen molar-refractivity contribution in [3.8, 4) is 0 Å².